The first kappa shape index (κ1) is 22.3. The van der Waals surface area contributed by atoms with Gasteiger partial charge < -0.3 is 4.42 Å². The van der Waals surface area contributed by atoms with Gasteiger partial charge in [-0.1, -0.05) is 133 Å². The summed E-state index contributed by atoms with van der Waals surface area (Å²) in [5, 5.41) is 2.16. The van der Waals surface area contributed by atoms with Crippen LogP contribution in [-0.4, -0.2) is 15.0 Å². The van der Waals surface area contributed by atoms with E-state index in [1.807, 2.05) is 91.0 Å². The number of benzene rings is 7. The quantitative estimate of drug-likeness (QED) is 0.184. The summed E-state index contributed by atoms with van der Waals surface area (Å²) in [6.45, 7) is 0. The Bertz CT molecular complexity index is 3270. The molecule has 0 aliphatic carbocycles. The summed E-state index contributed by atoms with van der Waals surface area (Å²) in [5.41, 5.74) is 6.44. The molecule has 5 heteroatoms. The van der Waals surface area contributed by atoms with Crippen molar-refractivity contribution >= 4 is 53.4 Å². The lowest BCUT2D eigenvalue weighted by molar-refractivity contribution is 0.669. The predicted molar refractivity (Wildman–Crippen MR) is 207 cm³/mol. The fourth-order valence-electron chi connectivity index (χ4n) is 6.41. The summed E-state index contributed by atoms with van der Waals surface area (Å²) >= 11 is 1.04. The molecule has 0 aliphatic heterocycles. The van der Waals surface area contributed by atoms with Crippen molar-refractivity contribution in [3.05, 3.63) is 164 Å². The van der Waals surface area contributed by atoms with Crippen LogP contribution < -0.4 is 0 Å². The van der Waals surface area contributed by atoms with Gasteiger partial charge in [-0.25, -0.2) is 15.0 Å². The SMILES string of the molecule is [2H]c1c([2H])c([2H])c2c(sc3c([2H])c(-c4cccc(-c5nc(-c6ccc(-c7ccccc7)cc6)nc(-c6cccc7oc8ccccc8c67)n5)c4)c([2H])c([2H])c32)c1[2H]. The van der Waals surface area contributed by atoms with Crippen LogP contribution in [0.3, 0.4) is 0 Å². The molecule has 0 amide bonds. The molecule has 234 valence electrons. The van der Waals surface area contributed by atoms with Gasteiger partial charge in [0.2, 0.25) is 0 Å². The topological polar surface area (TPSA) is 51.8 Å². The van der Waals surface area contributed by atoms with Gasteiger partial charge in [0.05, 0.1) is 9.60 Å². The highest BCUT2D eigenvalue weighted by atomic mass is 32.1. The fraction of sp³-hybridized carbons (Fsp3) is 0. The Balaban J connectivity index is 1.17. The third kappa shape index (κ3) is 4.87. The first-order valence-electron chi connectivity index (χ1n) is 19.5. The second kappa shape index (κ2) is 11.6. The van der Waals surface area contributed by atoms with Crippen molar-refractivity contribution < 1.29 is 14.0 Å². The zero-order valence-corrected chi connectivity index (χ0v) is 27.0. The van der Waals surface area contributed by atoms with E-state index in [0.717, 1.165) is 49.9 Å². The van der Waals surface area contributed by atoms with Crippen LogP contribution in [0.4, 0.5) is 0 Å². The van der Waals surface area contributed by atoms with E-state index in [4.69, 9.17) is 27.6 Å². The minimum absolute atomic E-state index is 0.0322. The average Bonchev–Trinajstić information content (AvgIpc) is 3.85. The van der Waals surface area contributed by atoms with Crippen molar-refractivity contribution in [2.24, 2.45) is 0 Å². The maximum atomic E-state index is 9.31. The molecule has 7 aromatic carbocycles. The number of rotatable bonds is 5. The first-order valence-corrected chi connectivity index (χ1v) is 16.8. The molecule has 0 saturated carbocycles. The zero-order valence-electron chi connectivity index (χ0n) is 33.2. The van der Waals surface area contributed by atoms with Gasteiger partial charge in [-0.3, -0.25) is 0 Å². The van der Waals surface area contributed by atoms with Crippen LogP contribution in [0.5, 0.6) is 0 Å². The average molecular weight is 665 g/mol. The van der Waals surface area contributed by atoms with Gasteiger partial charge >= 0.3 is 0 Å². The maximum Gasteiger partial charge on any atom is 0.164 e. The van der Waals surface area contributed by atoms with Crippen LogP contribution in [-0.2, 0) is 0 Å². The van der Waals surface area contributed by atoms with Crippen molar-refractivity contribution in [2.75, 3.05) is 0 Å². The summed E-state index contributed by atoms with van der Waals surface area (Å²) in [7, 11) is 0. The van der Waals surface area contributed by atoms with E-state index < -0.39 is 6.04 Å². The molecule has 10 rings (SSSR count). The first-order chi connectivity index (χ1) is 27.7. The summed E-state index contributed by atoms with van der Waals surface area (Å²) in [4.78, 5) is 15.1. The molecule has 0 fully saturated rings. The molecule has 0 bridgehead atoms. The van der Waals surface area contributed by atoms with E-state index in [1.165, 1.54) is 0 Å². The van der Waals surface area contributed by atoms with E-state index in [9.17, 15) is 1.37 Å². The number of thiophene rings is 1. The molecular weight excluding hydrogens is 631 g/mol. The minimum atomic E-state index is -0.415. The maximum absolute atomic E-state index is 9.31. The minimum Gasteiger partial charge on any atom is -0.456 e. The van der Waals surface area contributed by atoms with Crippen molar-refractivity contribution in [1.82, 2.24) is 15.0 Å². The lowest BCUT2D eigenvalue weighted by Crippen LogP contribution is -2.00. The number of nitrogens with zero attached hydrogens (tertiary/aromatic N) is 3. The number of para-hydroxylation sites is 1. The standard InChI is InChI=1S/C45H27N3OS/c1-2-10-28(11-3-1)29-20-22-30(23-21-29)43-46-44(48-45(47-43)37-16-9-18-39-42(37)36-15-4-6-17-38(36)49-39)33-13-8-12-31(26-33)32-24-25-35-34-14-5-7-19-40(34)50-41(35)27-32/h1-27H/i5D,7D,14D,19D,24D,25D,27D. The Morgan fingerprint density at radius 1 is 0.460 bits per heavy atom. The third-order valence-electron chi connectivity index (χ3n) is 8.82. The van der Waals surface area contributed by atoms with Crippen LogP contribution in [0.15, 0.2) is 168 Å². The zero-order chi connectivity index (χ0) is 39.1. The lowest BCUT2D eigenvalue weighted by atomic mass is 10.0. The third-order valence-corrected chi connectivity index (χ3v) is 9.84. The normalized spacial score (nSPS) is 13.6. The van der Waals surface area contributed by atoms with E-state index in [-0.39, 0.29) is 57.3 Å². The molecule has 0 atom stereocenters. The molecule has 0 saturated heterocycles. The second-order valence-electron chi connectivity index (χ2n) is 11.9. The van der Waals surface area contributed by atoms with E-state index in [0.29, 0.717) is 38.9 Å². The number of fused-ring (bicyclic) bond motifs is 6. The largest absolute Gasteiger partial charge is 0.456 e. The molecule has 0 N–H and O–H groups in total. The van der Waals surface area contributed by atoms with Gasteiger partial charge in [0.1, 0.15) is 11.2 Å². The van der Waals surface area contributed by atoms with Crippen molar-refractivity contribution in [2.45, 2.75) is 0 Å². The van der Waals surface area contributed by atoms with Crippen LogP contribution in [0, 0.1) is 0 Å². The highest BCUT2D eigenvalue weighted by Crippen LogP contribution is 2.39. The predicted octanol–water partition coefficient (Wildman–Crippen LogP) is 12.5. The Hall–Kier alpha value is -6.43. The lowest BCUT2D eigenvalue weighted by Gasteiger charge is -2.11. The van der Waals surface area contributed by atoms with E-state index in [1.54, 1.807) is 18.2 Å². The molecule has 4 nitrogen and oxygen atoms in total. The van der Waals surface area contributed by atoms with E-state index in [2.05, 4.69) is 12.1 Å². The number of hydrogen-bond acceptors (Lipinski definition) is 5. The van der Waals surface area contributed by atoms with Crippen LogP contribution in [0.25, 0.3) is 98.5 Å². The number of furan rings is 1. The molecule has 3 heterocycles. The second-order valence-corrected chi connectivity index (χ2v) is 12.9. The number of hydrogen-bond donors (Lipinski definition) is 0. The molecule has 0 aliphatic rings. The number of aromatic nitrogens is 3. The van der Waals surface area contributed by atoms with Gasteiger partial charge in [0.15, 0.2) is 17.5 Å². The van der Waals surface area contributed by atoms with Gasteiger partial charge in [-0.15, -0.1) is 11.3 Å². The monoisotopic (exact) mass is 664 g/mol. The molecule has 3 aromatic heterocycles. The fourth-order valence-corrected chi connectivity index (χ4v) is 7.38. The highest BCUT2D eigenvalue weighted by molar-refractivity contribution is 7.25. The summed E-state index contributed by atoms with van der Waals surface area (Å²) in [5.74, 6) is 1.25. The Kier molecular flexibility index (Phi) is 5.17. The summed E-state index contributed by atoms with van der Waals surface area (Å²) < 4.78 is 67.8. The van der Waals surface area contributed by atoms with E-state index >= 15 is 0 Å². The van der Waals surface area contributed by atoms with Gasteiger partial charge in [-0.2, -0.15) is 0 Å². The van der Waals surface area contributed by atoms with Crippen LogP contribution in [0.1, 0.15) is 9.60 Å². The van der Waals surface area contributed by atoms with Crippen LogP contribution in [0.2, 0.25) is 0 Å². The molecule has 0 unspecified atom stereocenters. The Morgan fingerprint density at radius 2 is 1.12 bits per heavy atom. The van der Waals surface area contributed by atoms with Crippen molar-refractivity contribution in [1.29, 1.82) is 0 Å². The molecule has 50 heavy (non-hydrogen) atoms. The molecule has 10 aromatic rings. The van der Waals surface area contributed by atoms with Crippen LogP contribution >= 0.6 is 11.3 Å². The van der Waals surface area contributed by atoms with Gasteiger partial charge in [0.25, 0.3) is 0 Å². The Morgan fingerprint density at radius 3 is 2.02 bits per heavy atom. The summed E-state index contributed by atoms with van der Waals surface area (Å²) in [6, 6.07) is 37.3. The summed E-state index contributed by atoms with van der Waals surface area (Å²) in [6.07, 6.45) is 0. The van der Waals surface area contributed by atoms with Crippen molar-refractivity contribution in [3.63, 3.8) is 0 Å². The molecular formula is C45H27N3OS. The van der Waals surface area contributed by atoms with Crippen molar-refractivity contribution in [3.8, 4) is 56.4 Å². The highest BCUT2D eigenvalue weighted by Gasteiger charge is 2.18. The smallest absolute Gasteiger partial charge is 0.164 e. The van der Waals surface area contributed by atoms with Gasteiger partial charge in [0, 0.05) is 47.6 Å². The Labute approximate surface area is 301 Å². The van der Waals surface area contributed by atoms with Gasteiger partial charge in [-0.05, 0) is 52.5 Å². The molecule has 0 radical (unpaired) electrons. The molecule has 0 spiro atoms.